The molecule has 17 nitrogen and oxygen atoms in total. The first-order valence-electron chi connectivity index (χ1n) is 39.3. The largest absolute Gasteiger partial charge is 0.472 e. The smallest absolute Gasteiger partial charge is 0.462 e. The number of aliphatic hydroxyl groups excluding tert-OH is 1. The number of carbonyl (C=O) groups is 4. The summed E-state index contributed by atoms with van der Waals surface area (Å²) in [5, 5.41) is 10.6. The second-order valence-corrected chi connectivity index (χ2v) is 30.9. The van der Waals surface area contributed by atoms with Crippen LogP contribution in [0.1, 0.15) is 375 Å². The summed E-state index contributed by atoms with van der Waals surface area (Å²) in [7, 11) is -9.93. The van der Waals surface area contributed by atoms with Crippen LogP contribution in [0.5, 0.6) is 0 Å². The van der Waals surface area contributed by atoms with Crippen LogP contribution in [0.2, 0.25) is 0 Å². The molecule has 0 rings (SSSR count). The van der Waals surface area contributed by atoms with Gasteiger partial charge in [0.1, 0.15) is 19.3 Å². The third kappa shape index (κ3) is 70.0. The van der Waals surface area contributed by atoms with Gasteiger partial charge in [-0.1, -0.05) is 323 Å². The van der Waals surface area contributed by atoms with E-state index in [1.165, 1.54) is 173 Å². The third-order valence-electron chi connectivity index (χ3n) is 17.3. The summed E-state index contributed by atoms with van der Waals surface area (Å²) < 4.78 is 68.5. The van der Waals surface area contributed by atoms with Gasteiger partial charge >= 0.3 is 39.5 Å². The molecule has 0 radical (unpaired) electrons. The first kappa shape index (κ1) is 93.5. The molecule has 0 spiro atoms. The number of rotatable bonds is 74. The van der Waals surface area contributed by atoms with Crippen LogP contribution in [0.15, 0.2) is 24.3 Å². The van der Waals surface area contributed by atoms with E-state index in [1.807, 2.05) is 0 Å². The maximum absolute atomic E-state index is 13.1. The first-order valence-corrected chi connectivity index (χ1v) is 42.3. The van der Waals surface area contributed by atoms with E-state index in [1.54, 1.807) is 0 Å². The number of phosphoric acid groups is 2. The predicted octanol–water partition coefficient (Wildman–Crippen LogP) is 22.3. The Hall–Kier alpha value is -2.46. The van der Waals surface area contributed by atoms with Gasteiger partial charge in [-0.2, -0.15) is 0 Å². The molecular weight excluding hydrogens is 1260 g/mol. The predicted molar refractivity (Wildman–Crippen MR) is 391 cm³/mol. The van der Waals surface area contributed by atoms with Crippen LogP contribution < -0.4 is 0 Å². The Morgan fingerprint density at radius 1 is 0.323 bits per heavy atom. The van der Waals surface area contributed by atoms with Crippen molar-refractivity contribution in [2.45, 2.75) is 394 Å². The van der Waals surface area contributed by atoms with Gasteiger partial charge in [-0.3, -0.25) is 37.3 Å². The fraction of sp³-hybridized carbons (Fsp3) is 0.896. The summed E-state index contributed by atoms with van der Waals surface area (Å²) in [5.74, 6) is -0.651. The molecule has 3 N–H and O–H groups in total. The third-order valence-corrected chi connectivity index (χ3v) is 19.2. The van der Waals surface area contributed by atoms with E-state index in [2.05, 4.69) is 65.8 Å². The Kier molecular flexibility index (Phi) is 66.6. The lowest BCUT2D eigenvalue weighted by molar-refractivity contribution is -0.161. The van der Waals surface area contributed by atoms with Crippen LogP contribution in [0, 0.1) is 11.8 Å². The van der Waals surface area contributed by atoms with E-state index in [9.17, 15) is 43.2 Å². The van der Waals surface area contributed by atoms with E-state index in [0.717, 1.165) is 121 Å². The Morgan fingerprint density at radius 3 is 0.854 bits per heavy atom. The molecule has 0 aromatic carbocycles. The lowest BCUT2D eigenvalue weighted by Gasteiger charge is -2.21. The van der Waals surface area contributed by atoms with Crippen molar-refractivity contribution in [2.24, 2.45) is 11.8 Å². The lowest BCUT2D eigenvalue weighted by atomic mass is 10.0. The molecule has 0 heterocycles. The van der Waals surface area contributed by atoms with Crippen molar-refractivity contribution < 1.29 is 80.2 Å². The van der Waals surface area contributed by atoms with Crippen molar-refractivity contribution in [3.8, 4) is 0 Å². The van der Waals surface area contributed by atoms with E-state index in [4.69, 9.17) is 37.0 Å². The molecule has 2 unspecified atom stereocenters. The lowest BCUT2D eigenvalue weighted by Crippen LogP contribution is -2.30. The molecule has 96 heavy (non-hydrogen) atoms. The van der Waals surface area contributed by atoms with Crippen molar-refractivity contribution in [2.75, 3.05) is 39.6 Å². The minimum absolute atomic E-state index is 0.101. The highest BCUT2D eigenvalue weighted by molar-refractivity contribution is 7.47. The highest BCUT2D eigenvalue weighted by Gasteiger charge is 2.30. The number of hydrogen-bond acceptors (Lipinski definition) is 15. The van der Waals surface area contributed by atoms with Gasteiger partial charge in [0, 0.05) is 25.7 Å². The molecular formula is C77H146O17P2. The van der Waals surface area contributed by atoms with E-state index in [-0.39, 0.29) is 25.7 Å². The summed E-state index contributed by atoms with van der Waals surface area (Å²) in [5.41, 5.74) is 0. The zero-order chi connectivity index (χ0) is 70.7. The summed E-state index contributed by atoms with van der Waals surface area (Å²) in [6.45, 7) is 9.51. The minimum atomic E-state index is -4.97. The minimum Gasteiger partial charge on any atom is -0.462 e. The number of aliphatic hydroxyl groups is 1. The molecule has 0 aliphatic heterocycles. The van der Waals surface area contributed by atoms with Crippen molar-refractivity contribution in [1.82, 2.24) is 0 Å². The molecule has 5 atom stereocenters. The molecule has 0 aliphatic carbocycles. The zero-order valence-electron chi connectivity index (χ0n) is 62.2. The fourth-order valence-corrected chi connectivity index (χ4v) is 12.9. The quantitative estimate of drug-likeness (QED) is 0.0169. The molecule has 0 bridgehead atoms. The van der Waals surface area contributed by atoms with E-state index >= 15 is 0 Å². The van der Waals surface area contributed by atoms with Gasteiger partial charge in [0.2, 0.25) is 0 Å². The Labute approximate surface area is 586 Å². The van der Waals surface area contributed by atoms with Crippen LogP contribution in [0.3, 0.4) is 0 Å². The SMILES string of the molecule is CCCCCC/C=C\C=C/CCCCCCCC(=O)OC[C@H](COP(=O)(O)OC[C@@H](O)COP(=O)(O)OC[C@@H](COC(=O)CCCCCCCCCCCC(C)C)OC(=O)CCCCCCCCCCCCC(C)C)OC(=O)CCCCCCCCCCCCCCCCCC. The molecule has 0 fully saturated rings. The van der Waals surface area contributed by atoms with Crippen molar-refractivity contribution in [1.29, 1.82) is 0 Å². The van der Waals surface area contributed by atoms with Crippen molar-refractivity contribution in [3.63, 3.8) is 0 Å². The molecule has 0 saturated carbocycles. The Morgan fingerprint density at radius 2 is 0.562 bits per heavy atom. The van der Waals surface area contributed by atoms with Crippen LogP contribution in [0.25, 0.3) is 0 Å². The van der Waals surface area contributed by atoms with Crippen LogP contribution >= 0.6 is 15.6 Å². The van der Waals surface area contributed by atoms with Crippen molar-refractivity contribution in [3.05, 3.63) is 24.3 Å². The van der Waals surface area contributed by atoms with Gasteiger partial charge in [0.05, 0.1) is 26.4 Å². The fourth-order valence-electron chi connectivity index (χ4n) is 11.3. The maximum atomic E-state index is 13.1. The number of esters is 4. The summed E-state index contributed by atoms with van der Waals surface area (Å²) in [6, 6.07) is 0. The highest BCUT2D eigenvalue weighted by Crippen LogP contribution is 2.45. The molecule has 19 heteroatoms. The topological polar surface area (TPSA) is 237 Å². The molecule has 0 aromatic rings. The molecule has 0 aromatic heterocycles. The second kappa shape index (κ2) is 68.3. The standard InChI is InChI=1S/C77H146O17P2/c1-7-9-11-13-15-17-19-21-23-25-27-29-36-43-49-55-61-76(81)93-72(65-87-74(79)59-53-47-41-35-28-26-24-22-20-18-16-14-12-10-8-2)67-91-95(83,84)89-63-71(78)64-90-96(85,86)92-68-73(66-88-75(80)60-54-48-42-38-32-34-40-46-52-58-70(5)6)94-77(82)62-56-50-44-37-31-30-33-39-45-51-57-69(3)4/h18,20,22,24,69-73,78H,7-17,19,21,23,25-68H2,1-6H3,(H,83,84)(H,85,86)/b20-18-,24-22-/t71-,72-,73-/m1/s1. The Balaban J connectivity index is 5.30. The summed E-state index contributed by atoms with van der Waals surface area (Å²) in [6.07, 6.45) is 59.0. The monoisotopic (exact) mass is 1410 g/mol. The number of hydrogen-bond donors (Lipinski definition) is 3. The summed E-state index contributed by atoms with van der Waals surface area (Å²) in [4.78, 5) is 72.9. The van der Waals surface area contributed by atoms with Gasteiger partial charge < -0.3 is 33.8 Å². The zero-order valence-corrected chi connectivity index (χ0v) is 63.9. The van der Waals surface area contributed by atoms with Gasteiger partial charge in [-0.05, 0) is 63.2 Å². The van der Waals surface area contributed by atoms with Crippen LogP contribution in [-0.4, -0.2) is 96.7 Å². The highest BCUT2D eigenvalue weighted by atomic mass is 31.2. The van der Waals surface area contributed by atoms with Gasteiger partial charge in [0.25, 0.3) is 0 Å². The van der Waals surface area contributed by atoms with Gasteiger partial charge in [-0.15, -0.1) is 0 Å². The first-order chi connectivity index (χ1) is 46.4. The average Bonchev–Trinajstić information content (AvgIpc) is 2.99. The second-order valence-electron chi connectivity index (χ2n) is 28.0. The number of ether oxygens (including phenoxy) is 4. The molecule has 0 aliphatic rings. The van der Waals surface area contributed by atoms with E-state index in [0.29, 0.717) is 25.7 Å². The maximum Gasteiger partial charge on any atom is 0.472 e. The van der Waals surface area contributed by atoms with Crippen molar-refractivity contribution >= 4 is 39.5 Å². The number of unbranched alkanes of at least 4 members (excludes halogenated alkanes) is 41. The van der Waals surface area contributed by atoms with Crippen LogP contribution in [0.4, 0.5) is 0 Å². The van der Waals surface area contributed by atoms with E-state index < -0.39 is 97.5 Å². The number of phosphoric ester groups is 2. The normalized spacial score (nSPS) is 14.2. The van der Waals surface area contributed by atoms with Crippen LogP contribution in [-0.2, 0) is 65.4 Å². The Bertz CT molecular complexity index is 1950. The van der Waals surface area contributed by atoms with Gasteiger partial charge in [0.15, 0.2) is 12.2 Å². The molecule has 0 saturated heterocycles. The van der Waals surface area contributed by atoms with Gasteiger partial charge in [-0.25, -0.2) is 9.13 Å². The number of allylic oxidation sites excluding steroid dienone is 4. The number of carbonyl (C=O) groups excluding carboxylic acids is 4. The molecule has 566 valence electrons. The summed E-state index contributed by atoms with van der Waals surface area (Å²) >= 11 is 0. The molecule has 0 amide bonds. The average molecular weight is 1410 g/mol.